The van der Waals surface area contributed by atoms with Crippen LogP contribution in [0.25, 0.3) is 0 Å². The summed E-state index contributed by atoms with van der Waals surface area (Å²) in [6.07, 6.45) is 2.68. The summed E-state index contributed by atoms with van der Waals surface area (Å²) >= 11 is 3.44. The Hall–Kier alpha value is -1.69. The maximum atomic E-state index is 4.38. The highest BCUT2D eigenvalue weighted by Crippen LogP contribution is 2.19. The molecule has 106 valence electrons. The average Bonchev–Trinajstić information content (AvgIpc) is 2.39. The molecule has 0 aliphatic carbocycles. The molecule has 0 saturated heterocycles. The van der Waals surface area contributed by atoms with Gasteiger partial charge in [-0.1, -0.05) is 35.8 Å². The predicted molar refractivity (Wildman–Crippen MR) is 85.2 cm³/mol. The number of nitrogens with zero attached hydrogens (tertiary/aromatic N) is 3. The number of nitrogens with one attached hydrogen (secondary N) is 2. The van der Waals surface area contributed by atoms with Gasteiger partial charge in [0.2, 0.25) is 5.95 Å². The van der Waals surface area contributed by atoms with Gasteiger partial charge in [0.25, 0.3) is 0 Å². The number of halogens is 1. The van der Waals surface area contributed by atoms with E-state index >= 15 is 0 Å². The van der Waals surface area contributed by atoms with Crippen molar-refractivity contribution in [1.82, 2.24) is 15.2 Å². The number of benzene rings is 1. The smallest absolute Gasteiger partial charge is 0.244 e. The zero-order valence-electron chi connectivity index (χ0n) is 11.6. The summed E-state index contributed by atoms with van der Waals surface area (Å²) in [6, 6.07) is 7.89. The molecule has 2 aromatic rings. The summed E-state index contributed by atoms with van der Waals surface area (Å²) in [5, 5.41) is 14.3. The third-order valence-electron chi connectivity index (χ3n) is 2.66. The molecule has 1 heterocycles. The second-order valence-corrected chi connectivity index (χ2v) is 5.83. The van der Waals surface area contributed by atoms with Crippen LogP contribution in [-0.4, -0.2) is 21.7 Å². The van der Waals surface area contributed by atoms with Crippen LogP contribution in [0.15, 0.2) is 34.9 Å². The van der Waals surface area contributed by atoms with E-state index in [4.69, 9.17) is 0 Å². The Morgan fingerprint density at radius 1 is 1.30 bits per heavy atom. The van der Waals surface area contributed by atoms with Crippen LogP contribution in [0, 0.1) is 5.92 Å². The minimum atomic E-state index is 0.547. The Bertz CT molecular complexity index is 559. The van der Waals surface area contributed by atoms with Gasteiger partial charge < -0.3 is 10.6 Å². The summed E-state index contributed by atoms with van der Waals surface area (Å²) in [6.45, 7) is 5.22. The van der Waals surface area contributed by atoms with E-state index in [0.717, 1.165) is 23.1 Å². The van der Waals surface area contributed by atoms with Crippen LogP contribution in [0.3, 0.4) is 0 Å². The zero-order valence-corrected chi connectivity index (χ0v) is 13.2. The molecular weight excluding hydrogens is 318 g/mol. The minimum Gasteiger partial charge on any atom is -0.353 e. The highest BCUT2D eigenvalue weighted by molar-refractivity contribution is 9.10. The fourth-order valence-electron chi connectivity index (χ4n) is 1.63. The van der Waals surface area contributed by atoms with Crippen molar-refractivity contribution in [1.29, 1.82) is 0 Å². The fourth-order valence-corrected chi connectivity index (χ4v) is 2.02. The maximum Gasteiger partial charge on any atom is 0.244 e. The zero-order chi connectivity index (χ0) is 14.4. The molecule has 5 nitrogen and oxygen atoms in total. The van der Waals surface area contributed by atoms with Crippen molar-refractivity contribution in [2.75, 3.05) is 17.2 Å². The number of hydrogen-bond donors (Lipinski definition) is 2. The molecule has 0 aliphatic heterocycles. The Balaban J connectivity index is 1.99. The summed E-state index contributed by atoms with van der Waals surface area (Å²) in [7, 11) is 0. The first kappa shape index (κ1) is 14.7. The van der Waals surface area contributed by atoms with Gasteiger partial charge in [0.1, 0.15) is 0 Å². The molecule has 20 heavy (non-hydrogen) atoms. The van der Waals surface area contributed by atoms with Gasteiger partial charge in [-0.2, -0.15) is 10.1 Å². The van der Waals surface area contributed by atoms with Gasteiger partial charge >= 0.3 is 0 Å². The minimum absolute atomic E-state index is 0.547. The van der Waals surface area contributed by atoms with E-state index in [1.807, 2.05) is 24.3 Å². The summed E-state index contributed by atoms with van der Waals surface area (Å²) in [5.74, 6) is 1.87. The van der Waals surface area contributed by atoms with Gasteiger partial charge in [-0.25, -0.2) is 0 Å². The highest BCUT2D eigenvalue weighted by atomic mass is 79.9. The van der Waals surface area contributed by atoms with Crippen molar-refractivity contribution in [3.63, 3.8) is 0 Å². The van der Waals surface area contributed by atoms with Crippen LogP contribution >= 0.6 is 15.9 Å². The molecule has 6 heteroatoms. The average molecular weight is 336 g/mol. The van der Waals surface area contributed by atoms with E-state index in [0.29, 0.717) is 17.7 Å². The molecule has 0 radical (unpaired) electrons. The second-order valence-electron chi connectivity index (χ2n) is 4.91. The van der Waals surface area contributed by atoms with Crippen molar-refractivity contribution < 1.29 is 0 Å². The van der Waals surface area contributed by atoms with Crippen molar-refractivity contribution in [3.05, 3.63) is 34.9 Å². The molecule has 0 unspecified atom stereocenters. The van der Waals surface area contributed by atoms with Crippen molar-refractivity contribution in [2.24, 2.45) is 5.92 Å². The van der Waals surface area contributed by atoms with Gasteiger partial charge in [0.15, 0.2) is 5.82 Å². The Kier molecular flexibility index (Phi) is 5.29. The van der Waals surface area contributed by atoms with E-state index in [1.165, 1.54) is 0 Å². The van der Waals surface area contributed by atoms with Gasteiger partial charge in [-0.05, 0) is 30.5 Å². The summed E-state index contributed by atoms with van der Waals surface area (Å²) in [5.41, 5.74) is 0.952. The Labute approximate surface area is 127 Å². The molecule has 2 rings (SSSR count). The fraction of sp³-hybridized carbons (Fsp3) is 0.357. The SMILES string of the molecule is CC(C)CCNc1nncc(Nc2cccc(Br)c2)n1. The number of hydrogen-bond acceptors (Lipinski definition) is 5. The van der Waals surface area contributed by atoms with Crippen molar-refractivity contribution in [3.8, 4) is 0 Å². The molecule has 0 fully saturated rings. The first-order valence-corrected chi connectivity index (χ1v) is 7.39. The van der Waals surface area contributed by atoms with E-state index in [1.54, 1.807) is 6.20 Å². The molecule has 0 atom stereocenters. The van der Waals surface area contributed by atoms with Crippen molar-refractivity contribution in [2.45, 2.75) is 20.3 Å². The third kappa shape index (κ3) is 4.77. The van der Waals surface area contributed by atoms with E-state index < -0.39 is 0 Å². The lowest BCUT2D eigenvalue weighted by atomic mass is 10.1. The number of rotatable bonds is 6. The second kappa shape index (κ2) is 7.19. The lowest BCUT2D eigenvalue weighted by Crippen LogP contribution is -2.09. The van der Waals surface area contributed by atoms with Crippen LogP contribution in [0.5, 0.6) is 0 Å². The van der Waals surface area contributed by atoms with Crippen LogP contribution in [0.1, 0.15) is 20.3 Å². The van der Waals surface area contributed by atoms with Gasteiger partial charge in [0.05, 0.1) is 6.20 Å². The van der Waals surface area contributed by atoms with E-state index in [2.05, 4.69) is 55.6 Å². The molecule has 0 bridgehead atoms. The molecule has 0 spiro atoms. The molecular formula is C14H18BrN5. The van der Waals surface area contributed by atoms with Crippen LogP contribution in [0.2, 0.25) is 0 Å². The first-order chi connectivity index (χ1) is 9.63. The van der Waals surface area contributed by atoms with Crippen LogP contribution in [0.4, 0.5) is 17.5 Å². The molecule has 1 aromatic heterocycles. The largest absolute Gasteiger partial charge is 0.353 e. The monoisotopic (exact) mass is 335 g/mol. The van der Waals surface area contributed by atoms with E-state index in [9.17, 15) is 0 Å². The van der Waals surface area contributed by atoms with Crippen molar-refractivity contribution >= 4 is 33.4 Å². The molecule has 1 aromatic carbocycles. The maximum absolute atomic E-state index is 4.38. The number of aromatic nitrogens is 3. The highest BCUT2D eigenvalue weighted by Gasteiger charge is 2.02. The molecule has 0 amide bonds. The van der Waals surface area contributed by atoms with Crippen LogP contribution < -0.4 is 10.6 Å². The number of anilines is 3. The van der Waals surface area contributed by atoms with Gasteiger partial charge in [0, 0.05) is 16.7 Å². The van der Waals surface area contributed by atoms with Crippen LogP contribution in [-0.2, 0) is 0 Å². The summed E-state index contributed by atoms with van der Waals surface area (Å²) < 4.78 is 1.01. The molecule has 2 N–H and O–H groups in total. The normalized spacial score (nSPS) is 10.6. The molecule has 0 saturated carbocycles. The Morgan fingerprint density at radius 3 is 2.90 bits per heavy atom. The Morgan fingerprint density at radius 2 is 2.15 bits per heavy atom. The van der Waals surface area contributed by atoms with E-state index in [-0.39, 0.29) is 0 Å². The van der Waals surface area contributed by atoms with Gasteiger partial charge in [-0.15, -0.1) is 5.10 Å². The third-order valence-corrected chi connectivity index (χ3v) is 3.15. The van der Waals surface area contributed by atoms with Gasteiger partial charge in [-0.3, -0.25) is 0 Å². The molecule has 0 aliphatic rings. The standard InChI is InChI=1S/C14H18BrN5/c1-10(2)6-7-16-14-19-13(9-17-20-14)18-12-5-3-4-11(15)8-12/h3-5,8-10H,6-7H2,1-2H3,(H2,16,18,19,20). The lowest BCUT2D eigenvalue weighted by Gasteiger charge is -2.08. The summed E-state index contributed by atoms with van der Waals surface area (Å²) in [4.78, 5) is 4.38. The lowest BCUT2D eigenvalue weighted by molar-refractivity contribution is 0.605. The predicted octanol–water partition coefficient (Wildman–Crippen LogP) is 3.84. The quantitative estimate of drug-likeness (QED) is 0.839. The first-order valence-electron chi connectivity index (χ1n) is 6.59. The topological polar surface area (TPSA) is 62.7 Å².